The van der Waals surface area contributed by atoms with Crippen LogP contribution in [0.25, 0.3) is 0 Å². The van der Waals surface area contributed by atoms with Gasteiger partial charge in [0.1, 0.15) is 5.54 Å². The van der Waals surface area contributed by atoms with Crippen molar-refractivity contribution in [3.8, 4) is 0 Å². The minimum Gasteiger partial charge on any atom is -0.359 e. The van der Waals surface area contributed by atoms with Crippen LogP contribution in [0.5, 0.6) is 0 Å². The van der Waals surface area contributed by atoms with E-state index in [2.05, 4.69) is 31.1 Å². The minimum atomic E-state index is -1.18. The number of hydrogen-bond donors (Lipinski definition) is 2. The monoisotopic (exact) mass is 353 g/mol. The van der Waals surface area contributed by atoms with E-state index in [0.29, 0.717) is 11.3 Å². The number of aromatic nitrogens is 1. The van der Waals surface area contributed by atoms with Gasteiger partial charge in [-0.1, -0.05) is 45.0 Å². The average Bonchev–Trinajstić information content (AvgIpc) is 3.18. The lowest BCUT2D eigenvalue weighted by molar-refractivity contribution is -0.130. The molecule has 0 radical (unpaired) electrons. The maximum atomic E-state index is 12.9. The number of amides is 3. The molecule has 0 spiro atoms. The number of hydrogen-bond acceptors (Lipinski definition) is 3. The Kier molecular flexibility index (Phi) is 4.22. The zero-order valence-corrected chi connectivity index (χ0v) is 15.4. The summed E-state index contributed by atoms with van der Waals surface area (Å²) in [5.41, 5.74) is 1.02. The van der Waals surface area contributed by atoms with E-state index in [4.69, 9.17) is 0 Å². The van der Waals surface area contributed by atoms with Crippen molar-refractivity contribution in [2.24, 2.45) is 0 Å². The highest BCUT2D eigenvalue weighted by Crippen LogP contribution is 2.31. The topological polar surface area (TPSA) is 82.3 Å². The fourth-order valence-corrected chi connectivity index (χ4v) is 3.07. The van der Waals surface area contributed by atoms with E-state index in [1.165, 1.54) is 0 Å². The molecule has 3 rings (SSSR count). The second-order valence-corrected chi connectivity index (χ2v) is 7.78. The van der Waals surface area contributed by atoms with E-state index in [-0.39, 0.29) is 17.7 Å². The van der Waals surface area contributed by atoms with Crippen LogP contribution in [0.4, 0.5) is 4.79 Å². The van der Waals surface area contributed by atoms with Gasteiger partial charge in [-0.15, -0.1) is 0 Å². The third-order valence-electron chi connectivity index (χ3n) is 4.80. The number of rotatable bonds is 4. The van der Waals surface area contributed by atoms with Gasteiger partial charge in [-0.05, 0) is 35.6 Å². The van der Waals surface area contributed by atoms with Gasteiger partial charge >= 0.3 is 6.03 Å². The molecule has 1 aromatic heterocycles. The summed E-state index contributed by atoms with van der Waals surface area (Å²) in [5.74, 6) is -0.739. The molecule has 2 heterocycles. The number of nitrogens with one attached hydrogen (secondary N) is 2. The molecule has 1 aliphatic heterocycles. The minimum absolute atomic E-state index is 0.00311. The summed E-state index contributed by atoms with van der Waals surface area (Å²) in [5, 5.41) is 2.73. The van der Waals surface area contributed by atoms with Crippen LogP contribution in [-0.4, -0.2) is 34.2 Å². The van der Waals surface area contributed by atoms with Gasteiger partial charge in [0.2, 0.25) is 0 Å². The molecule has 26 heavy (non-hydrogen) atoms. The lowest BCUT2D eigenvalue weighted by Gasteiger charge is -2.24. The molecule has 0 saturated carbocycles. The predicted octanol–water partition coefficient (Wildman–Crippen LogP) is 2.96. The quantitative estimate of drug-likeness (QED) is 0.655. The maximum Gasteiger partial charge on any atom is 0.325 e. The SMILES string of the molecule is CC(C)(C)c1ccc([C@@]2(C)NC(=O)N(CC(=O)c3ccc[nH]3)C2=O)cc1. The fourth-order valence-electron chi connectivity index (χ4n) is 3.07. The third-order valence-corrected chi connectivity index (χ3v) is 4.80. The maximum absolute atomic E-state index is 12.9. The molecule has 3 amide bonds. The number of imide groups is 1. The average molecular weight is 353 g/mol. The predicted molar refractivity (Wildman–Crippen MR) is 97.9 cm³/mol. The molecule has 1 aliphatic rings. The lowest BCUT2D eigenvalue weighted by Crippen LogP contribution is -2.41. The Labute approximate surface area is 152 Å². The molecule has 1 fully saturated rings. The molecule has 1 saturated heterocycles. The zero-order valence-electron chi connectivity index (χ0n) is 15.4. The number of ketones is 1. The summed E-state index contributed by atoms with van der Waals surface area (Å²) in [6.07, 6.45) is 1.62. The molecule has 6 nitrogen and oxygen atoms in total. The van der Waals surface area contributed by atoms with Crippen molar-refractivity contribution < 1.29 is 14.4 Å². The Morgan fingerprint density at radius 3 is 2.31 bits per heavy atom. The van der Waals surface area contributed by atoms with E-state index in [1.807, 2.05) is 24.3 Å². The van der Waals surface area contributed by atoms with E-state index in [9.17, 15) is 14.4 Å². The Morgan fingerprint density at radius 2 is 1.77 bits per heavy atom. The van der Waals surface area contributed by atoms with E-state index in [1.54, 1.807) is 25.3 Å². The molecule has 0 unspecified atom stereocenters. The van der Waals surface area contributed by atoms with Crippen molar-refractivity contribution in [2.75, 3.05) is 6.54 Å². The summed E-state index contributed by atoms with van der Waals surface area (Å²) in [4.78, 5) is 41.3. The summed E-state index contributed by atoms with van der Waals surface area (Å²) in [6, 6.07) is 10.4. The normalized spacial score (nSPS) is 20.4. The number of nitrogens with zero attached hydrogens (tertiary/aromatic N) is 1. The number of carbonyl (C=O) groups is 3. The van der Waals surface area contributed by atoms with Gasteiger partial charge in [0.05, 0.1) is 12.2 Å². The van der Waals surface area contributed by atoms with Gasteiger partial charge in [-0.3, -0.25) is 14.5 Å². The van der Waals surface area contributed by atoms with Crippen LogP contribution in [0.2, 0.25) is 0 Å². The number of benzene rings is 1. The molecule has 0 aliphatic carbocycles. The van der Waals surface area contributed by atoms with Gasteiger partial charge < -0.3 is 10.3 Å². The van der Waals surface area contributed by atoms with Crippen LogP contribution in [0.1, 0.15) is 49.3 Å². The van der Waals surface area contributed by atoms with Crippen LogP contribution in [0, 0.1) is 0 Å². The van der Waals surface area contributed by atoms with Crippen LogP contribution in [-0.2, 0) is 15.7 Å². The second-order valence-electron chi connectivity index (χ2n) is 7.78. The summed E-state index contributed by atoms with van der Waals surface area (Å²) in [6.45, 7) is 7.71. The Bertz CT molecular complexity index is 847. The smallest absolute Gasteiger partial charge is 0.325 e. The molecule has 2 aromatic rings. The Morgan fingerprint density at radius 1 is 1.12 bits per heavy atom. The highest BCUT2D eigenvalue weighted by Gasteiger charge is 2.49. The van der Waals surface area contributed by atoms with Crippen LogP contribution in [0.15, 0.2) is 42.6 Å². The van der Waals surface area contributed by atoms with Crippen molar-refractivity contribution in [3.63, 3.8) is 0 Å². The van der Waals surface area contributed by atoms with Crippen molar-refractivity contribution >= 4 is 17.7 Å². The number of carbonyl (C=O) groups excluding carboxylic acids is 3. The molecule has 1 aromatic carbocycles. The molecular weight excluding hydrogens is 330 g/mol. The number of urea groups is 1. The molecule has 6 heteroatoms. The van der Waals surface area contributed by atoms with Crippen molar-refractivity contribution in [2.45, 2.75) is 38.6 Å². The third kappa shape index (κ3) is 3.03. The first-order chi connectivity index (χ1) is 12.1. The standard InChI is InChI=1S/C20H23N3O3/c1-19(2,3)13-7-9-14(10-8-13)20(4)17(25)23(18(26)22-20)12-16(24)15-6-5-11-21-15/h5-11,21H,12H2,1-4H3,(H,22,26)/t20-/m1/s1. The van der Waals surface area contributed by atoms with Crippen LogP contribution < -0.4 is 5.32 Å². The first-order valence-electron chi connectivity index (χ1n) is 8.54. The number of H-pyrrole nitrogens is 1. The van der Waals surface area contributed by atoms with E-state index >= 15 is 0 Å². The van der Waals surface area contributed by atoms with Crippen molar-refractivity contribution in [3.05, 3.63) is 59.4 Å². The Hall–Kier alpha value is -2.89. The van der Waals surface area contributed by atoms with E-state index in [0.717, 1.165) is 10.5 Å². The summed E-state index contributed by atoms with van der Waals surface area (Å²) >= 11 is 0. The first kappa shape index (κ1) is 17.9. The number of Topliss-reactive ketones (excluding diaryl/α,β-unsaturated/α-hetero) is 1. The van der Waals surface area contributed by atoms with Crippen LogP contribution in [0.3, 0.4) is 0 Å². The van der Waals surface area contributed by atoms with Gasteiger partial charge in [0, 0.05) is 6.20 Å². The highest BCUT2D eigenvalue weighted by molar-refractivity contribution is 6.10. The fraction of sp³-hybridized carbons (Fsp3) is 0.350. The largest absolute Gasteiger partial charge is 0.359 e. The Balaban J connectivity index is 1.84. The summed E-state index contributed by atoms with van der Waals surface area (Å²) < 4.78 is 0. The second kappa shape index (κ2) is 6.12. The van der Waals surface area contributed by atoms with Gasteiger partial charge in [-0.2, -0.15) is 0 Å². The number of aromatic amines is 1. The molecule has 2 N–H and O–H groups in total. The molecule has 136 valence electrons. The molecular formula is C20H23N3O3. The first-order valence-corrected chi connectivity index (χ1v) is 8.54. The highest BCUT2D eigenvalue weighted by atomic mass is 16.2. The summed E-state index contributed by atoms with van der Waals surface area (Å²) in [7, 11) is 0. The van der Waals surface area contributed by atoms with Gasteiger partial charge in [0.25, 0.3) is 5.91 Å². The molecule has 1 atom stereocenters. The van der Waals surface area contributed by atoms with Crippen LogP contribution >= 0.6 is 0 Å². The van der Waals surface area contributed by atoms with Crippen molar-refractivity contribution in [1.82, 2.24) is 15.2 Å². The van der Waals surface area contributed by atoms with Crippen molar-refractivity contribution in [1.29, 1.82) is 0 Å². The van der Waals surface area contributed by atoms with Gasteiger partial charge in [-0.25, -0.2) is 4.79 Å². The lowest BCUT2D eigenvalue weighted by atomic mass is 9.84. The van der Waals surface area contributed by atoms with Gasteiger partial charge in [0.15, 0.2) is 5.78 Å². The molecule has 0 bridgehead atoms. The van der Waals surface area contributed by atoms with E-state index < -0.39 is 17.5 Å². The zero-order chi connectivity index (χ0) is 19.1.